The number of carbonyl (C=O) groups excluding carboxylic acids is 1. The Balaban J connectivity index is 3.72. The van der Waals surface area contributed by atoms with E-state index in [1.54, 1.807) is 4.72 Å². The Morgan fingerprint density at radius 3 is 2.23 bits per heavy atom. The van der Waals surface area contributed by atoms with E-state index in [4.69, 9.17) is 0 Å². The minimum atomic E-state index is -4.92. The van der Waals surface area contributed by atoms with Gasteiger partial charge in [-0.15, -0.1) is 4.72 Å². The summed E-state index contributed by atoms with van der Waals surface area (Å²) < 4.78 is 88.9. The number of benzene rings is 1. The first-order valence-electron chi connectivity index (χ1n) is 7.60. The van der Waals surface area contributed by atoms with E-state index in [9.17, 15) is 31.3 Å². The molecule has 2 atom stereocenters. The summed E-state index contributed by atoms with van der Waals surface area (Å²) in [7, 11) is 0. The Bertz CT molecular complexity index is 639. The largest absolute Gasteiger partial charge is 0.598 e. The fourth-order valence-electron chi connectivity index (χ4n) is 2.05. The third-order valence-electron chi connectivity index (χ3n) is 3.46. The highest BCUT2D eigenvalue weighted by Crippen LogP contribution is 2.45. The van der Waals surface area contributed by atoms with Crippen LogP contribution in [0.15, 0.2) is 24.3 Å². The van der Waals surface area contributed by atoms with Crippen LogP contribution in [0.3, 0.4) is 0 Å². The lowest BCUT2D eigenvalue weighted by Crippen LogP contribution is -2.67. The quantitative estimate of drug-likeness (QED) is 0.431. The molecule has 0 bridgehead atoms. The van der Waals surface area contributed by atoms with Crippen molar-refractivity contribution < 1.29 is 36.0 Å². The Kier molecular flexibility index (Phi) is 7.05. The van der Waals surface area contributed by atoms with Crippen molar-refractivity contribution in [1.29, 1.82) is 0 Å². The molecule has 1 aromatic carbocycles. The highest BCUT2D eigenvalue weighted by atomic mass is 32.2. The van der Waals surface area contributed by atoms with E-state index in [2.05, 4.69) is 4.74 Å². The number of halogens is 5. The van der Waals surface area contributed by atoms with Gasteiger partial charge in [0, 0.05) is 16.9 Å². The van der Waals surface area contributed by atoms with Crippen LogP contribution in [0.5, 0.6) is 0 Å². The van der Waals surface area contributed by atoms with Crippen molar-refractivity contribution in [3.8, 4) is 0 Å². The molecule has 1 unspecified atom stereocenters. The maximum Gasteiger partial charge on any atom is 0.379 e. The number of nitrogens with one attached hydrogen (secondary N) is 1. The van der Waals surface area contributed by atoms with Gasteiger partial charge in [-0.05, 0) is 33.8 Å². The fraction of sp³-hybridized carbons (Fsp3) is 0.562. The minimum Gasteiger partial charge on any atom is -0.598 e. The Hall–Kier alpha value is -1.39. The van der Waals surface area contributed by atoms with E-state index in [1.165, 1.54) is 27.7 Å². The number of ether oxygens (including phenoxy) is 1. The van der Waals surface area contributed by atoms with Gasteiger partial charge in [0.2, 0.25) is 5.54 Å². The zero-order valence-electron chi connectivity index (χ0n) is 14.6. The van der Waals surface area contributed by atoms with Gasteiger partial charge in [0.25, 0.3) is 6.43 Å². The first-order valence-corrected chi connectivity index (χ1v) is 8.75. The lowest BCUT2D eigenvalue weighted by molar-refractivity contribution is -0.199. The second kappa shape index (κ2) is 8.10. The van der Waals surface area contributed by atoms with E-state index in [1.807, 2.05) is 0 Å². The fourth-order valence-corrected chi connectivity index (χ4v) is 2.98. The molecule has 0 saturated carbocycles. The van der Waals surface area contributed by atoms with Gasteiger partial charge < -0.3 is 9.29 Å². The number of carbonyl (C=O) groups is 1. The molecule has 1 N–H and O–H groups in total. The standard InChI is InChI=1S/C16H20F5NO3S/c1-5-25-13(23)16(20,21)15(12(18)19,22-26(24)14(2,3)4)10-8-6-7-9-11(10)17/h6-9,12,22H,5H2,1-4H3/t15?,26-/m1/s1. The maximum atomic E-state index is 14.9. The molecule has 0 amide bonds. The predicted octanol–water partition coefficient (Wildman–Crippen LogP) is 3.54. The van der Waals surface area contributed by atoms with Crippen molar-refractivity contribution in [2.45, 2.75) is 50.3 Å². The monoisotopic (exact) mass is 401 g/mol. The highest BCUT2D eigenvalue weighted by Gasteiger charge is 2.70. The lowest BCUT2D eigenvalue weighted by atomic mass is 9.84. The molecule has 0 aliphatic heterocycles. The van der Waals surface area contributed by atoms with Crippen molar-refractivity contribution in [1.82, 2.24) is 4.72 Å². The molecule has 4 nitrogen and oxygen atoms in total. The molecule has 148 valence electrons. The topological polar surface area (TPSA) is 61.4 Å². The van der Waals surface area contributed by atoms with E-state index in [-0.39, 0.29) is 0 Å². The number of esters is 1. The summed E-state index contributed by atoms with van der Waals surface area (Å²) in [6.45, 7) is 4.73. The molecule has 1 aromatic rings. The Labute approximate surface area is 151 Å². The summed E-state index contributed by atoms with van der Waals surface area (Å²) in [4.78, 5) is 11.8. The van der Waals surface area contributed by atoms with Gasteiger partial charge in [-0.2, -0.15) is 8.78 Å². The van der Waals surface area contributed by atoms with Gasteiger partial charge in [-0.3, -0.25) is 0 Å². The summed E-state index contributed by atoms with van der Waals surface area (Å²) in [6.07, 6.45) is -4.00. The maximum absolute atomic E-state index is 14.9. The average Bonchev–Trinajstić information content (AvgIpc) is 2.51. The Morgan fingerprint density at radius 1 is 1.27 bits per heavy atom. The molecule has 0 radical (unpaired) electrons. The molecule has 26 heavy (non-hydrogen) atoms. The first-order chi connectivity index (χ1) is 11.8. The molecule has 0 fully saturated rings. The third kappa shape index (κ3) is 4.12. The zero-order chi connectivity index (χ0) is 20.3. The summed E-state index contributed by atoms with van der Waals surface area (Å²) in [5, 5.41) is 0. The Morgan fingerprint density at radius 2 is 1.81 bits per heavy atom. The van der Waals surface area contributed by atoms with Crippen LogP contribution in [0.1, 0.15) is 33.3 Å². The molecule has 0 aliphatic rings. The molecule has 10 heteroatoms. The lowest BCUT2D eigenvalue weighted by Gasteiger charge is -2.40. The number of rotatable bonds is 7. The van der Waals surface area contributed by atoms with Crippen molar-refractivity contribution in [3.63, 3.8) is 0 Å². The van der Waals surface area contributed by atoms with Crippen LogP contribution in [-0.2, 0) is 26.4 Å². The average molecular weight is 401 g/mol. The van der Waals surface area contributed by atoms with Gasteiger partial charge in [0.05, 0.1) is 6.61 Å². The van der Waals surface area contributed by atoms with E-state index < -0.39 is 58.0 Å². The number of alkyl halides is 4. The molecule has 0 heterocycles. The molecule has 0 aliphatic carbocycles. The highest BCUT2D eigenvalue weighted by molar-refractivity contribution is 7.90. The minimum absolute atomic E-state index is 0.507. The van der Waals surface area contributed by atoms with E-state index >= 15 is 0 Å². The number of hydrogen-bond acceptors (Lipinski definition) is 4. The van der Waals surface area contributed by atoms with Crippen LogP contribution in [0.25, 0.3) is 0 Å². The molecule has 0 saturated heterocycles. The summed E-state index contributed by atoms with van der Waals surface area (Å²) >= 11 is -2.49. The first kappa shape index (κ1) is 22.7. The second-order valence-corrected chi connectivity index (χ2v) is 8.33. The number of hydrogen-bond donors (Lipinski definition) is 1. The van der Waals surface area contributed by atoms with Gasteiger partial charge >= 0.3 is 11.9 Å². The van der Waals surface area contributed by atoms with Crippen LogP contribution in [-0.4, -0.2) is 34.2 Å². The molecular formula is C16H20F5NO3S. The smallest absolute Gasteiger partial charge is 0.379 e. The summed E-state index contributed by atoms with van der Waals surface area (Å²) in [6, 6.07) is 3.54. The molecule has 0 spiro atoms. The van der Waals surface area contributed by atoms with Crippen LogP contribution in [0.4, 0.5) is 22.0 Å². The van der Waals surface area contributed by atoms with Gasteiger partial charge in [0.15, 0.2) is 0 Å². The van der Waals surface area contributed by atoms with Crippen LogP contribution in [0, 0.1) is 5.82 Å². The van der Waals surface area contributed by atoms with Gasteiger partial charge in [-0.1, -0.05) is 18.2 Å². The van der Waals surface area contributed by atoms with E-state index in [0.29, 0.717) is 12.1 Å². The van der Waals surface area contributed by atoms with Crippen molar-refractivity contribution >= 4 is 17.3 Å². The predicted molar refractivity (Wildman–Crippen MR) is 86.7 cm³/mol. The SMILES string of the molecule is CCOC(=O)C(F)(F)C(N[S@+]([O-])C(C)(C)C)(c1ccccc1F)C(F)F. The molecular weight excluding hydrogens is 381 g/mol. The van der Waals surface area contributed by atoms with Crippen LogP contribution in [0.2, 0.25) is 0 Å². The second-order valence-electron chi connectivity index (χ2n) is 6.37. The molecule has 1 rings (SSSR count). The summed E-state index contributed by atoms with van der Waals surface area (Å²) in [5.41, 5.74) is -5.08. The van der Waals surface area contributed by atoms with Gasteiger partial charge in [0.1, 0.15) is 10.6 Å². The van der Waals surface area contributed by atoms with Crippen LogP contribution < -0.4 is 4.72 Å². The normalized spacial score (nSPS) is 16.3. The van der Waals surface area contributed by atoms with Crippen molar-refractivity contribution in [3.05, 3.63) is 35.6 Å². The molecule has 0 aromatic heterocycles. The van der Waals surface area contributed by atoms with Crippen molar-refractivity contribution in [2.24, 2.45) is 0 Å². The zero-order valence-corrected chi connectivity index (χ0v) is 15.4. The third-order valence-corrected chi connectivity index (χ3v) is 5.08. The van der Waals surface area contributed by atoms with E-state index in [0.717, 1.165) is 12.1 Å². The van der Waals surface area contributed by atoms with Crippen molar-refractivity contribution in [2.75, 3.05) is 6.61 Å². The summed E-state index contributed by atoms with van der Waals surface area (Å²) in [5.74, 6) is -8.60. The van der Waals surface area contributed by atoms with Crippen LogP contribution >= 0.6 is 0 Å². The van der Waals surface area contributed by atoms with Gasteiger partial charge in [-0.25, -0.2) is 18.0 Å².